The molecule has 1 unspecified atom stereocenters. The van der Waals surface area contributed by atoms with Crippen LogP contribution >= 0.6 is 0 Å². The van der Waals surface area contributed by atoms with Crippen LogP contribution in [0.3, 0.4) is 0 Å². The van der Waals surface area contributed by atoms with Crippen molar-refractivity contribution in [1.82, 2.24) is 5.01 Å². The van der Waals surface area contributed by atoms with Crippen LogP contribution in [0.25, 0.3) is 0 Å². The summed E-state index contributed by atoms with van der Waals surface area (Å²) in [5, 5.41) is 7.58. The van der Waals surface area contributed by atoms with Crippen molar-refractivity contribution in [1.29, 1.82) is 0 Å². The van der Waals surface area contributed by atoms with E-state index in [4.69, 9.17) is 10.5 Å². The van der Waals surface area contributed by atoms with Crippen LogP contribution in [0.1, 0.15) is 35.7 Å². The summed E-state index contributed by atoms with van der Waals surface area (Å²) in [6.07, 6.45) is 1.07. The molecule has 0 spiro atoms. The first kappa shape index (κ1) is 24.9. The van der Waals surface area contributed by atoms with Crippen LogP contribution in [0.5, 0.6) is 0 Å². The molecule has 0 saturated carbocycles. The van der Waals surface area contributed by atoms with Gasteiger partial charge in [0.15, 0.2) is 11.6 Å². The topological polar surface area (TPSA) is 114 Å². The highest BCUT2D eigenvalue weighted by molar-refractivity contribution is 6.00. The number of anilines is 1. The van der Waals surface area contributed by atoms with E-state index in [0.717, 1.165) is 5.01 Å². The van der Waals surface area contributed by atoms with Gasteiger partial charge in [-0.15, -0.1) is 0 Å². The number of rotatable bonds is 8. The summed E-state index contributed by atoms with van der Waals surface area (Å²) in [6.45, 7) is 1.93. The third kappa shape index (κ3) is 5.98. The number of nitrogens with one attached hydrogen (secondary N) is 1. The molecule has 0 aliphatic carbocycles. The number of nitrogens with two attached hydrogens (primary N) is 1. The Bertz CT molecular complexity index is 1110. The van der Waals surface area contributed by atoms with Crippen LogP contribution in [0, 0.1) is 17.5 Å². The van der Waals surface area contributed by atoms with Crippen molar-refractivity contribution >= 4 is 29.7 Å². The summed E-state index contributed by atoms with van der Waals surface area (Å²) >= 11 is 0. The fourth-order valence-corrected chi connectivity index (χ4v) is 3.39. The Morgan fingerprint density at radius 1 is 1.15 bits per heavy atom. The van der Waals surface area contributed by atoms with Gasteiger partial charge in [-0.25, -0.2) is 23.0 Å². The SMILES string of the molecule is CCOC(=O)c1ccc(NC(=O)C2CC=NN2C(=O)C[C@H](N)Cc2cc(F)c(F)cc2F)cc1. The highest BCUT2D eigenvalue weighted by atomic mass is 19.2. The molecule has 0 aromatic heterocycles. The Hall–Kier alpha value is -3.73. The first-order chi connectivity index (χ1) is 16.2. The van der Waals surface area contributed by atoms with Crippen LogP contribution < -0.4 is 11.1 Å². The van der Waals surface area contributed by atoms with Crippen LogP contribution in [0.2, 0.25) is 0 Å². The molecule has 2 aromatic carbocycles. The number of nitrogens with zero attached hydrogens (tertiary/aromatic N) is 2. The Morgan fingerprint density at radius 3 is 2.50 bits per heavy atom. The lowest BCUT2D eigenvalue weighted by Gasteiger charge is -2.23. The van der Waals surface area contributed by atoms with Crippen molar-refractivity contribution in [2.24, 2.45) is 10.8 Å². The number of benzene rings is 2. The summed E-state index contributed by atoms with van der Waals surface area (Å²) in [5.74, 6) is -5.07. The van der Waals surface area contributed by atoms with E-state index in [-0.39, 0.29) is 31.4 Å². The number of esters is 1. The molecule has 180 valence electrons. The molecule has 0 saturated heterocycles. The van der Waals surface area contributed by atoms with Gasteiger partial charge in [-0.2, -0.15) is 5.10 Å². The number of amides is 2. The van der Waals surface area contributed by atoms with Gasteiger partial charge >= 0.3 is 5.97 Å². The summed E-state index contributed by atoms with van der Waals surface area (Å²) in [7, 11) is 0. The van der Waals surface area contributed by atoms with E-state index >= 15 is 0 Å². The van der Waals surface area contributed by atoms with Gasteiger partial charge in [-0.3, -0.25) is 9.59 Å². The minimum atomic E-state index is -1.32. The molecule has 1 heterocycles. The predicted octanol–water partition coefficient (Wildman–Crippen LogP) is 2.77. The molecule has 0 bridgehead atoms. The Labute approximate surface area is 193 Å². The van der Waals surface area contributed by atoms with Gasteiger partial charge < -0.3 is 15.8 Å². The maximum absolute atomic E-state index is 13.9. The number of hydrogen-bond acceptors (Lipinski definition) is 6. The van der Waals surface area contributed by atoms with E-state index < -0.39 is 47.3 Å². The Morgan fingerprint density at radius 2 is 1.82 bits per heavy atom. The molecule has 3 N–H and O–H groups in total. The zero-order valence-electron chi connectivity index (χ0n) is 18.3. The third-order valence-corrected chi connectivity index (χ3v) is 5.06. The van der Waals surface area contributed by atoms with Crippen molar-refractivity contribution in [3.63, 3.8) is 0 Å². The molecule has 3 rings (SSSR count). The fraction of sp³-hybridized carbons (Fsp3) is 0.304. The van der Waals surface area contributed by atoms with Crippen molar-refractivity contribution in [2.45, 2.75) is 38.3 Å². The lowest BCUT2D eigenvalue weighted by molar-refractivity contribution is -0.137. The molecule has 0 fully saturated rings. The van der Waals surface area contributed by atoms with Gasteiger partial charge in [0.1, 0.15) is 11.9 Å². The largest absolute Gasteiger partial charge is 0.462 e. The van der Waals surface area contributed by atoms with E-state index in [1.807, 2.05) is 0 Å². The molecule has 0 radical (unpaired) electrons. The van der Waals surface area contributed by atoms with Gasteiger partial charge in [0, 0.05) is 36.9 Å². The average Bonchev–Trinajstić information content (AvgIpc) is 3.28. The standard InChI is InChI=1S/C23H23F3N4O4/c1-2-34-23(33)13-3-5-16(6-4-13)29-22(32)20-7-8-28-30(20)21(31)11-15(27)9-14-10-18(25)19(26)12-17(14)24/h3-6,8,10,12,15,20H,2,7,9,11,27H2,1H3,(H,29,32)/t15-,20?/m1/s1. The molecular formula is C23H23F3N4O4. The Balaban J connectivity index is 1.59. The van der Waals surface area contributed by atoms with Gasteiger partial charge in [0.2, 0.25) is 11.8 Å². The number of carbonyl (C=O) groups excluding carboxylic acids is 3. The minimum Gasteiger partial charge on any atom is -0.462 e. The van der Waals surface area contributed by atoms with Gasteiger partial charge in [-0.1, -0.05) is 0 Å². The maximum Gasteiger partial charge on any atom is 0.338 e. The highest BCUT2D eigenvalue weighted by Gasteiger charge is 2.33. The number of carbonyl (C=O) groups is 3. The van der Waals surface area contributed by atoms with Gasteiger partial charge in [0.05, 0.1) is 12.2 Å². The lowest BCUT2D eigenvalue weighted by Crippen LogP contribution is -2.43. The minimum absolute atomic E-state index is 0.162. The van der Waals surface area contributed by atoms with Crippen molar-refractivity contribution in [2.75, 3.05) is 11.9 Å². The quantitative estimate of drug-likeness (QED) is 0.449. The molecule has 2 amide bonds. The molecule has 2 atom stereocenters. The van der Waals surface area contributed by atoms with E-state index in [9.17, 15) is 27.6 Å². The van der Waals surface area contributed by atoms with Crippen LogP contribution in [-0.2, 0) is 20.7 Å². The number of ether oxygens (including phenoxy) is 1. The monoisotopic (exact) mass is 476 g/mol. The van der Waals surface area contributed by atoms with Crippen molar-refractivity contribution < 1.29 is 32.3 Å². The van der Waals surface area contributed by atoms with Crippen LogP contribution in [0.4, 0.5) is 18.9 Å². The molecule has 8 nitrogen and oxygen atoms in total. The second-order valence-electron chi connectivity index (χ2n) is 7.60. The summed E-state index contributed by atoms with van der Waals surface area (Å²) < 4.78 is 45.2. The maximum atomic E-state index is 13.9. The molecule has 1 aliphatic heterocycles. The second-order valence-corrected chi connectivity index (χ2v) is 7.60. The van der Waals surface area contributed by atoms with E-state index in [1.165, 1.54) is 30.5 Å². The molecule has 34 heavy (non-hydrogen) atoms. The zero-order valence-corrected chi connectivity index (χ0v) is 18.3. The average molecular weight is 476 g/mol. The van der Waals surface area contributed by atoms with E-state index in [1.54, 1.807) is 6.92 Å². The summed E-state index contributed by atoms with van der Waals surface area (Å²) in [4.78, 5) is 37.1. The predicted molar refractivity (Wildman–Crippen MR) is 117 cm³/mol. The van der Waals surface area contributed by atoms with Crippen LogP contribution in [0.15, 0.2) is 41.5 Å². The molecule has 1 aliphatic rings. The smallest absolute Gasteiger partial charge is 0.338 e. The number of hydrogen-bond donors (Lipinski definition) is 2. The van der Waals surface area contributed by atoms with E-state index in [0.29, 0.717) is 23.4 Å². The van der Waals surface area contributed by atoms with E-state index in [2.05, 4.69) is 10.4 Å². The van der Waals surface area contributed by atoms with Crippen LogP contribution in [-0.4, -0.2) is 47.7 Å². The van der Waals surface area contributed by atoms with Crippen molar-refractivity contribution in [3.8, 4) is 0 Å². The fourth-order valence-electron chi connectivity index (χ4n) is 3.39. The highest BCUT2D eigenvalue weighted by Crippen LogP contribution is 2.19. The molecule has 2 aromatic rings. The Kier molecular flexibility index (Phi) is 8.00. The van der Waals surface area contributed by atoms with Crippen molar-refractivity contribution in [3.05, 3.63) is 65.0 Å². The number of hydrazone groups is 1. The number of halogens is 3. The first-order valence-electron chi connectivity index (χ1n) is 10.5. The summed E-state index contributed by atoms with van der Waals surface area (Å²) in [5.41, 5.74) is 6.49. The third-order valence-electron chi connectivity index (χ3n) is 5.06. The van der Waals surface area contributed by atoms with Gasteiger partial charge in [-0.05, 0) is 49.2 Å². The lowest BCUT2D eigenvalue weighted by atomic mass is 10.0. The second kappa shape index (κ2) is 10.9. The zero-order chi connectivity index (χ0) is 24.8. The summed E-state index contributed by atoms with van der Waals surface area (Å²) in [6, 6.07) is 5.33. The molecular weight excluding hydrogens is 453 g/mol. The normalized spacial score (nSPS) is 15.8. The molecule has 11 heteroatoms. The van der Waals surface area contributed by atoms with Gasteiger partial charge in [0.25, 0.3) is 0 Å². The first-order valence-corrected chi connectivity index (χ1v) is 10.5.